The van der Waals surface area contributed by atoms with Gasteiger partial charge in [0.25, 0.3) is 8.32 Å². The van der Waals surface area contributed by atoms with Gasteiger partial charge >= 0.3 is 0 Å². The van der Waals surface area contributed by atoms with Crippen LogP contribution >= 0.6 is 0 Å². The molecule has 3 aromatic rings. The summed E-state index contributed by atoms with van der Waals surface area (Å²) >= 11 is 0. The first-order valence-corrected chi connectivity index (χ1v) is 21.3. The van der Waals surface area contributed by atoms with Gasteiger partial charge < -0.3 is 13.8 Å². The van der Waals surface area contributed by atoms with Crippen molar-refractivity contribution in [3.8, 4) is 5.75 Å². The molecule has 0 aliphatic carbocycles. The molecular formula is C38H63NO2Si2. The molecule has 0 amide bonds. The molecule has 1 unspecified atom stereocenters. The van der Waals surface area contributed by atoms with Gasteiger partial charge in [-0.2, -0.15) is 0 Å². The fourth-order valence-electron chi connectivity index (χ4n) is 9.21. The molecule has 2 aromatic carbocycles. The maximum Gasteiger partial charge on any atom is 0.258 e. The topological polar surface area (TPSA) is 34.4 Å². The highest BCUT2D eigenvalue weighted by atomic mass is 28.4. The summed E-state index contributed by atoms with van der Waals surface area (Å²) in [5, 5.41) is 13.2. The summed E-state index contributed by atoms with van der Waals surface area (Å²) in [6.45, 7) is 37.4. The van der Waals surface area contributed by atoms with Crippen molar-refractivity contribution in [3.05, 3.63) is 64.3 Å². The lowest BCUT2D eigenvalue weighted by atomic mass is 9.92. The minimum absolute atomic E-state index is 0.404. The molecule has 3 nitrogen and oxygen atoms in total. The molecule has 0 spiro atoms. The molecule has 0 aliphatic rings. The number of aromatic nitrogens is 1. The molecule has 240 valence electrons. The standard InChI is InChI=1S/C38H63NO2Si2/c1-23(2)35-22-39(42(24(3)4,25(5)6)26(7)8)36-18-17-32(21-34(35)36)38(40)37-30(15)19-33(20-31(37)16)41-43(27(9)10,28(11)12)29(13)14/h17-29,38,40H,1-16H3. The number of rotatable bonds is 12. The molecule has 1 atom stereocenters. The summed E-state index contributed by atoms with van der Waals surface area (Å²) in [6.07, 6.45) is 1.79. The second kappa shape index (κ2) is 13.3. The van der Waals surface area contributed by atoms with Crippen molar-refractivity contribution in [1.82, 2.24) is 4.23 Å². The van der Waals surface area contributed by atoms with Crippen molar-refractivity contribution in [3.63, 3.8) is 0 Å². The third-order valence-electron chi connectivity index (χ3n) is 10.8. The Labute approximate surface area is 266 Å². The first-order chi connectivity index (χ1) is 19.8. The molecule has 1 N–H and O–H groups in total. The van der Waals surface area contributed by atoms with E-state index in [0.29, 0.717) is 39.2 Å². The fourth-order valence-corrected chi connectivity index (χ4v) is 21.1. The van der Waals surface area contributed by atoms with Crippen LogP contribution in [0, 0.1) is 13.8 Å². The van der Waals surface area contributed by atoms with Gasteiger partial charge in [-0.05, 0) is 111 Å². The van der Waals surface area contributed by atoms with Gasteiger partial charge in [-0.3, -0.25) is 0 Å². The van der Waals surface area contributed by atoms with E-state index >= 15 is 0 Å². The zero-order valence-corrected chi connectivity index (χ0v) is 32.4. The Morgan fingerprint density at radius 3 is 1.51 bits per heavy atom. The van der Waals surface area contributed by atoms with Crippen LogP contribution in [-0.2, 0) is 0 Å². The Balaban J connectivity index is 2.16. The first-order valence-electron chi connectivity index (χ1n) is 17.0. The van der Waals surface area contributed by atoms with Crippen LogP contribution in [-0.4, -0.2) is 25.9 Å². The molecule has 0 radical (unpaired) electrons. The zero-order chi connectivity index (χ0) is 32.8. The predicted molar refractivity (Wildman–Crippen MR) is 194 cm³/mol. The van der Waals surface area contributed by atoms with Crippen LogP contribution in [0.4, 0.5) is 0 Å². The number of aliphatic hydroxyl groups is 1. The molecule has 1 heterocycles. The molecular weight excluding hydrogens is 559 g/mol. The highest BCUT2D eigenvalue weighted by molar-refractivity contribution is 6.82. The van der Waals surface area contributed by atoms with Crippen molar-refractivity contribution < 1.29 is 9.53 Å². The summed E-state index contributed by atoms with van der Waals surface area (Å²) in [5.41, 5.74) is 10.2. The van der Waals surface area contributed by atoms with Crippen molar-refractivity contribution in [2.75, 3.05) is 0 Å². The van der Waals surface area contributed by atoms with Crippen LogP contribution in [0.25, 0.3) is 10.9 Å². The Morgan fingerprint density at radius 1 is 0.651 bits per heavy atom. The van der Waals surface area contributed by atoms with Crippen LogP contribution in [0.5, 0.6) is 5.75 Å². The molecule has 43 heavy (non-hydrogen) atoms. The van der Waals surface area contributed by atoms with E-state index < -0.39 is 22.7 Å². The Morgan fingerprint density at radius 2 is 1.12 bits per heavy atom. The van der Waals surface area contributed by atoms with E-state index in [1.807, 2.05) is 0 Å². The molecule has 0 saturated heterocycles. The molecule has 0 fully saturated rings. The van der Waals surface area contributed by atoms with Crippen LogP contribution in [0.2, 0.25) is 33.2 Å². The molecule has 5 heteroatoms. The highest BCUT2D eigenvalue weighted by Gasteiger charge is 2.48. The average molecular weight is 622 g/mol. The van der Waals surface area contributed by atoms with E-state index in [1.54, 1.807) is 0 Å². The lowest BCUT2D eigenvalue weighted by Gasteiger charge is -2.44. The Bertz CT molecular complexity index is 1330. The second-order valence-corrected chi connectivity index (χ2v) is 26.6. The number of hydrogen-bond donors (Lipinski definition) is 1. The van der Waals surface area contributed by atoms with E-state index in [0.717, 1.165) is 28.0 Å². The van der Waals surface area contributed by atoms with Gasteiger partial charge in [-0.15, -0.1) is 0 Å². The monoisotopic (exact) mass is 621 g/mol. The van der Waals surface area contributed by atoms with E-state index in [9.17, 15) is 5.11 Å². The maximum atomic E-state index is 11.9. The van der Waals surface area contributed by atoms with Crippen molar-refractivity contribution >= 4 is 27.5 Å². The number of aryl methyl sites for hydroxylation is 2. The van der Waals surface area contributed by atoms with Crippen LogP contribution in [0.15, 0.2) is 36.5 Å². The smallest absolute Gasteiger partial charge is 0.258 e. The van der Waals surface area contributed by atoms with E-state index in [4.69, 9.17) is 4.43 Å². The van der Waals surface area contributed by atoms with Crippen molar-refractivity contribution in [2.24, 2.45) is 0 Å². The molecule has 0 saturated carbocycles. The summed E-state index contributed by atoms with van der Waals surface area (Å²) in [6, 6.07) is 11.1. The van der Waals surface area contributed by atoms with E-state index in [2.05, 4.69) is 152 Å². The number of aliphatic hydroxyl groups excluding tert-OH is 1. The molecule has 1 aromatic heterocycles. The Hall–Kier alpha value is -1.83. The Kier molecular flexibility index (Phi) is 11.0. The first kappa shape index (κ1) is 35.7. The van der Waals surface area contributed by atoms with Gasteiger partial charge in [0, 0.05) is 10.9 Å². The third-order valence-corrected chi connectivity index (χ3v) is 23.6. The van der Waals surface area contributed by atoms with Crippen LogP contribution in [0.3, 0.4) is 0 Å². The largest absolute Gasteiger partial charge is 0.543 e. The van der Waals surface area contributed by atoms with Gasteiger partial charge in [0.05, 0.1) is 0 Å². The van der Waals surface area contributed by atoms with E-state index in [-0.39, 0.29) is 0 Å². The summed E-state index contributed by atoms with van der Waals surface area (Å²) in [4.78, 5) is 0. The average Bonchev–Trinajstić information content (AvgIpc) is 3.25. The third kappa shape index (κ3) is 6.07. The van der Waals surface area contributed by atoms with E-state index in [1.165, 1.54) is 16.5 Å². The number of fused-ring (bicyclic) bond motifs is 1. The minimum Gasteiger partial charge on any atom is -0.543 e. The lowest BCUT2D eigenvalue weighted by Crippen LogP contribution is -2.51. The second-order valence-electron chi connectivity index (χ2n) is 15.5. The van der Waals surface area contributed by atoms with Gasteiger partial charge in [0.1, 0.15) is 11.9 Å². The summed E-state index contributed by atoms with van der Waals surface area (Å²) in [7, 11) is -4.00. The normalized spacial score (nSPS) is 14.1. The maximum absolute atomic E-state index is 11.9. The highest BCUT2D eigenvalue weighted by Crippen LogP contribution is 2.47. The fraction of sp³-hybridized carbons (Fsp3) is 0.632. The van der Waals surface area contributed by atoms with Crippen LogP contribution < -0.4 is 4.43 Å². The SMILES string of the molecule is Cc1cc(O[Si](C(C)C)(C(C)C)C(C)C)cc(C)c1C(O)c1ccc2c(c1)c(C(C)C)cn2[Si](C(C)C)(C(C)C)C(C)C. The number of benzene rings is 2. The van der Waals surface area contributed by atoms with Gasteiger partial charge in [0.2, 0.25) is 0 Å². The van der Waals surface area contributed by atoms with Crippen molar-refractivity contribution in [2.45, 2.75) is 156 Å². The lowest BCUT2D eigenvalue weighted by molar-refractivity contribution is 0.219. The van der Waals surface area contributed by atoms with Crippen molar-refractivity contribution in [1.29, 1.82) is 0 Å². The van der Waals surface area contributed by atoms with Crippen LogP contribution in [0.1, 0.15) is 137 Å². The summed E-state index contributed by atoms with van der Waals surface area (Å²) in [5.74, 6) is 1.36. The zero-order valence-electron chi connectivity index (χ0n) is 30.4. The molecule has 0 bridgehead atoms. The number of hydrogen-bond acceptors (Lipinski definition) is 2. The summed E-state index contributed by atoms with van der Waals surface area (Å²) < 4.78 is 9.77. The molecule has 0 aliphatic heterocycles. The predicted octanol–water partition coefficient (Wildman–Crippen LogP) is 12.0. The minimum atomic E-state index is -2.07. The van der Waals surface area contributed by atoms with Gasteiger partial charge in [0.15, 0.2) is 8.24 Å². The quantitative estimate of drug-likeness (QED) is 0.204. The van der Waals surface area contributed by atoms with Gasteiger partial charge in [-0.1, -0.05) is 103 Å². The number of nitrogens with zero attached hydrogens (tertiary/aromatic N) is 1. The van der Waals surface area contributed by atoms with Gasteiger partial charge in [-0.25, -0.2) is 0 Å². The molecule has 3 rings (SSSR count).